The van der Waals surface area contributed by atoms with Crippen LogP contribution in [0, 0.1) is 11.8 Å². The maximum Gasteiger partial charge on any atom is 0.00229 e. The Morgan fingerprint density at radius 3 is 2.47 bits per heavy atom. The molecule has 1 aromatic carbocycles. The molecule has 2 unspecified atom stereocenters. The summed E-state index contributed by atoms with van der Waals surface area (Å²) >= 11 is 0. The summed E-state index contributed by atoms with van der Waals surface area (Å²) in [6.07, 6.45) is 7.28. The summed E-state index contributed by atoms with van der Waals surface area (Å²) in [4.78, 5) is 0. The van der Waals surface area contributed by atoms with Gasteiger partial charge in [0.25, 0.3) is 0 Å². The van der Waals surface area contributed by atoms with E-state index in [1.54, 1.807) is 5.56 Å². The van der Waals surface area contributed by atoms with E-state index in [-0.39, 0.29) is 0 Å². The van der Waals surface area contributed by atoms with E-state index in [1.807, 2.05) is 0 Å². The van der Waals surface area contributed by atoms with Gasteiger partial charge in [0.05, 0.1) is 0 Å². The Morgan fingerprint density at radius 1 is 0.941 bits per heavy atom. The van der Waals surface area contributed by atoms with Gasteiger partial charge in [0.1, 0.15) is 0 Å². The van der Waals surface area contributed by atoms with E-state index in [2.05, 4.69) is 35.6 Å². The molecule has 1 aliphatic carbocycles. The molecule has 17 heavy (non-hydrogen) atoms. The first-order valence-corrected chi connectivity index (χ1v) is 7.21. The Labute approximate surface area is 105 Å². The van der Waals surface area contributed by atoms with Crippen LogP contribution in [0.4, 0.5) is 0 Å². The van der Waals surface area contributed by atoms with Crippen molar-refractivity contribution in [1.29, 1.82) is 0 Å². The van der Waals surface area contributed by atoms with Gasteiger partial charge in [0.2, 0.25) is 0 Å². The highest BCUT2D eigenvalue weighted by Crippen LogP contribution is 2.42. The van der Waals surface area contributed by atoms with Crippen LogP contribution in [-0.4, -0.2) is 13.1 Å². The third-order valence-corrected chi connectivity index (χ3v) is 4.77. The number of hydrogen-bond acceptors (Lipinski definition) is 1. The minimum atomic E-state index is 0.757. The highest BCUT2D eigenvalue weighted by Gasteiger charge is 2.33. The van der Waals surface area contributed by atoms with Gasteiger partial charge in [-0.05, 0) is 36.3 Å². The molecule has 1 N–H and O–H groups in total. The zero-order valence-corrected chi connectivity index (χ0v) is 10.6. The molecule has 0 radical (unpaired) electrons. The Hall–Kier alpha value is -0.820. The van der Waals surface area contributed by atoms with Crippen LogP contribution in [0.25, 0.3) is 0 Å². The van der Waals surface area contributed by atoms with E-state index < -0.39 is 0 Å². The molecule has 3 rings (SSSR count). The van der Waals surface area contributed by atoms with Crippen LogP contribution in [0.15, 0.2) is 30.3 Å². The molecule has 2 aliphatic rings. The summed E-state index contributed by atoms with van der Waals surface area (Å²) < 4.78 is 0. The smallest absolute Gasteiger partial charge is 0.00229 e. The Kier molecular flexibility index (Phi) is 3.46. The predicted molar refractivity (Wildman–Crippen MR) is 72.1 cm³/mol. The summed E-state index contributed by atoms with van der Waals surface area (Å²) in [6.45, 7) is 2.41. The Balaban J connectivity index is 1.80. The first-order chi connectivity index (χ1) is 8.45. The molecule has 2 atom stereocenters. The van der Waals surface area contributed by atoms with Crippen molar-refractivity contribution in [2.45, 2.75) is 38.0 Å². The third kappa shape index (κ3) is 2.40. The normalized spacial score (nSPS) is 30.6. The van der Waals surface area contributed by atoms with E-state index in [4.69, 9.17) is 0 Å². The molecule has 2 fully saturated rings. The lowest BCUT2D eigenvalue weighted by molar-refractivity contribution is 0.227. The fraction of sp³-hybridized carbons (Fsp3) is 0.625. The monoisotopic (exact) mass is 229 g/mol. The SMILES string of the molecule is c1ccc(C2CNCCC2C2CCCC2)cc1. The average Bonchev–Trinajstić information content (AvgIpc) is 2.94. The van der Waals surface area contributed by atoms with Gasteiger partial charge in [-0.15, -0.1) is 0 Å². The van der Waals surface area contributed by atoms with Gasteiger partial charge < -0.3 is 5.32 Å². The van der Waals surface area contributed by atoms with Crippen molar-refractivity contribution in [3.63, 3.8) is 0 Å². The van der Waals surface area contributed by atoms with Crippen molar-refractivity contribution in [3.05, 3.63) is 35.9 Å². The lowest BCUT2D eigenvalue weighted by atomic mass is 9.73. The van der Waals surface area contributed by atoms with E-state index in [1.165, 1.54) is 45.2 Å². The molecule has 1 heteroatoms. The van der Waals surface area contributed by atoms with Gasteiger partial charge in [-0.3, -0.25) is 0 Å². The van der Waals surface area contributed by atoms with Crippen LogP contribution in [-0.2, 0) is 0 Å². The molecule has 1 aliphatic heterocycles. The van der Waals surface area contributed by atoms with Crippen LogP contribution in [0.5, 0.6) is 0 Å². The van der Waals surface area contributed by atoms with Crippen molar-refractivity contribution in [2.75, 3.05) is 13.1 Å². The van der Waals surface area contributed by atoms with Gasteiger partial charge in [-0.1, -0.05) is 56.0 Å². The highest BCUT2D eigenvalue weighted by atomic mass is 14.9. The van der Waals surface area contributed by atoms with E-state index in [9.17, 15) is 0 Å². The summed E-state index contributed by atoms with van der Waals surface area (Å²) in [7, 11) is 0. The number of piperidine rings is 1. The maximum atomic E-state index is 3.59. The second-order valence-electron chi connectivity index (χ2n) is 5.72. The highest BCUT2D eigenvalue weighted by molar-refractivity contribution is 5.21. The summed E-state index contributed by atoms with van der Waals surface area (Å²) in [5.41, 5.74) is 1.55. The first-order valence-electron chi connectivity index (χ1n) is 7.21. The lowest BCUT2D eigenvalue weighted by Gasteiger charge is -2.36. The molecule has 0 aromatic heterocycles. The van der Waals surface area contributed by atoms with Gasteiger partial charge >= 0.3 is 0 Å². The van der Waals surface area contributed by atoms with Gasteiger partial charge in [0, 0.05) is 6.54 Å². The van der Waals surface area contributed by atoms with Crippen LogP contribution in [0.1, 0.15) is 43.6 Å². The summed E-state index contributed by atoms with van der Waals surface area (Å²) in [6, 6.07) is 11.1. The molecule has 0 amide bonds. The van der Waals surface area contributed by atoms with Crippen LogP contribution >= 0.6 is 0 Å². The molecule has 1 saturated heterocycles. The van der Waals surface area contributed by atoms with Gasteiger partial charge in [-0.2, -0.15) is 0 Å². The second-order valence-corrected chi connectivity index (χ2v) is 5.72. The summed E-state index contributed by atoms with van der Waals surface area (Å²) in [5.74, 6) is 2.69. The fourth-order valence-electron chi connectivity index (χ4n) is 3.89. The minimum Gasteiger partial charge on any atom is -0.316 e. The molecule has 0 bridgehead atoms. The zero-order valence-electron chi connectivity index (χ0n) is 10.6. The number of benzene rings is 1. The molecular formula is C16H23N. The first kappa shape index (κ1) is 11.3. The zero-order chi connectivity index (χ0) is 11.5. The lowest BCUT2D eigenvalue weighted by Crippen LogP contribution is -2.37. The Bertz CT molecular complexity index is 340. The number of hydrogen-bond donors (Lipinski definition) is 1. The van der Waals surface area contributed by atoms with Crippen LogP contribution in [0.2, 0.25) is 0 Å². The predicted octanol–water partition coefficient (Wildman–Crippen LogP) is 3.57. The van der Waals surface area contributed by atoms with E-state index in [0.717, 1.165) is 17.8 Å². The maximum absolute atomic E-state index is 3.59. The van der Waals surface area contributed by atoms with Crippen molar-refractivity contribution in [2.24, 2.45) is 11.8 Å². The largest absolute Gasteiger partial charge is 0.316 e. The number of rotatable bonds is 2. The Morgan fingerprint density at radius 2 is 1.71 bits per heavy atom. The molecule has 92 valence electrons. The van der Waals surface area contributed by atoms with Gasteiger partial charge in [0.15, 0.2) is 0 Å². The van der Waals surface area contributed by atoms with Crippen molar-refractivity contribution < 1.29 is 0 Å². The van der Waals surface area contributed by atoms with E-state index in [0.29, 0.717) is 0 Å². The standard InChI is InChI=1S/C16H23N/c1-2-6-14(7-3-1)16-12-17-11-10-15(16)13-8-4-5-9-13/h1-3,6-7,13,15-17H,4-5,8-12H2. The molecule has 1 nitrogen and oxygen atoms in total. The quantitative estimate of drug-likeness (QED) is 0.817. The van der Waals surface area contributed by atoms with Crippen LogP contribution in [0.3, 0.4) is 0 Å². The van der Waals surface area contributed by atoms with Crippen LogP contribution < -0.4 is 5.32 Å². The number of nitrogens with one attached hydrogen (secondary N) is 1. The topological polar surface area (TPSA) is 12.0 Å². The average molecular weight is 229 g/mol. The second kappa shape index (κ2) is 5.22. The van der Waals surface area contributed by atoms with Gasteiger partial charge in [-0.25, -0.2) is 0 Å². The van der Waals surface area contributed by atoms with Crippen molar-refractivity contribution in [3.8, 4) is 0 Å². The third-order valence-electron chi connectivity index (χ3n) is 4.77. The van der Waals surface area contributed by atoms with E-state index >= 15 is 0 Å². The molecule has 0 spiro atoms. The summed E-state index contributed by atoms with van der Waals surface area (Å²) in [5, 5.41) is 3.59. The molecule has 1 heterocycles. The molecular weight excluding hydrogens is 206 g/mol. The van der Waals surface area contributed by atoms with Crippen molar-refractivity contribution >= 4 is 0 Å². The van der Waals surface area contributed by atoms with Crippen molar-refractivity contribution in [1.82, 2.24) is 5.32 Å². The fourth-order valence-corrected chi connectivity index (χ4v) is 3.89. The molecule has 1 aromatic rings. The minimum absolute atomic E-state index is 0.757. The molecule has 1 saturated carbocycles.